The van der Waals surface area contributed by atoms with Crippen molar-refractivity contribution in [3.05, 3.63) is 89.6 Å². The molecule has 10 heteroatoms. The summed E-state index contributed by atoms with van der Waals surface area (Å²) in [7, 11) is 0. The van der Waals surface area contributed by atoms with Crippen molar-refractivity contribution in [2.24, 2.45) is 0 Å². The molecule has 0 fully saturated rings. The van der Waals surface area contributed by atoms with Gasteiger partial charge in [0, 0.05) is 15.6 Å². The number of rotatable bonds is 4. The fourth-order valence-electron chi connectivity index (χ4n) is 4.24. The number of anilines is 1. The Hall–Kier alpha value is -2.94. The fraction of sp³-hybridized carbons (Fsp3) is 0.208. The van der Waals surface area contributed by atoms with E-state index in [0.29, 0.717) is 26.6 Å². The predicted octanol–water partition coefficient (Wildman–Crippen LogP) is 5.18. The van der Waals surface area contributed by atoms with E-state index in [0.717, 1.165) is 46.8 Å². The van der Waals surface area contributed by atoms with Crippen molar-refractivity contribution in [1.29, 1.82) is 0 Å². The van der Waals surface area contributed by atoms with Gasteiger partial charge in [-0.05, 0) is 73.7 Å². The van der Waals surface area contributed by atoms with Crippen molar-refractivity contribution in [2.75, 3.05) is 5.32 Å². The van der Waals surface area contributed by atoms with E-state index in [4.69, 9.17) is 23.2 Å². The van der Waals surface area contributed by atoms with E-state index in [1.807, 2.05) is 0 Å². The molecule has 0 aliphatic heterocycles. The Morgan fingerprint density at radius 3 is 2.53 bits per heavy atom. The van der Waals surface area contributed by atoms with Gasteiger partial charge in [-0.2, -0.15) is 0 Å². The maximum absolute atomic E-state index is 13.5. The molecule has 0 unspecified atom stereocenters. The molecule has 0 saturated carbocycles. The Labute approximate surface area is 207 Å². The third kappa shape index (κ3) is 4.06. The standard InChI is InChI=1S/C24H18Cl2FN3O3S/c25-13-5-8-15(9-6-13)30-22(32)21-16-3-1-2-4-19(16)34-23(21)29(24(30)33)12-20(31)28-14-7-10-18(27)17(26)11-14/h5-11H,1-4,12H2,(H,28,31). The highest BCUT2D eigenvalue weighted by Gasteiger charge is 2.25. The first-order valence-electron chi connectivity index (χ1n) is 10.6. The minimum atomic E-state index is -0.620. The summed E-state index contributed by atoms with van der Waals surface area (Å²) in [6, 6.07) is 10.2. The molecule has 2 aromatic carbocycles. The van der Waals surface area contributed by atoms with Gasteiger partial charge in [0.15, 0.2) is 0 Å². The van der Waals surface area contributed by atoms with Gasteiger partial charge < -0.3 is 5.32 Å². The van der Waals surface area contributed by atoms with Crippen LogP contribution in [-0.4, -0.2) is 15.0 Å². The van der Waals surface area contributed by atoms with E-state index in [2.05, 4.69) is 5.32 Å². The number of amides is 1. The van der Waals surface area contributed by atoms with E-state index >= 15 is 0 Å². The first-order chi connectivity index (χ1) is 16.3. The largest absolute Gasteiger partial charge is 0.337 e. The Kier molecular flexibility index (Phi) is 6.06. The lowest BCUT2D eigenvalue weighted by atomic mass is 9.97. The van der Waals surface area contributed by atoms with E-state index in [9.17, 15) is 18.8 Å². The molecule has 0 spiro atoms. The minimum absolute atomic E-state index is 0.125. The Bertz CT molecular complexity index is 1560. The molecule has 1 N–H and O–H groups in total. The fourth-order valence-corrected chi connectivity index (χ4v) is 5.92. The van der Waals surface area contributed by atoms with Crippen molar-refractivity contribution in [2.45, 2.75) is 32.2 Å². The highest BCUT2D eigenvalue weighted by Crippen LogP contribution is 2.34. The molecule has 1 aliphatic rings. The molecule has 0 radical (unpaired) electrons. The second-order valence-electron chi connectivity index (χ2n) is 8.05. The number of carbonyl (C=O) groups excluding carboxylic acids is 1. The van der Waals surface area contributed by atoms with Crippen LogP contribution in [0.15, 0.2) is 52.1 Å². The topological polar surface area (TPSA) is 73.1 Å². The van der Waals surface area contributed by atoms with Crippen LogP contribution >= 0.6 is 34.5 Å². The first-order valence-corrected chi connectivity index (χ1v) is 12.2. The summed E-state index contributed by atoms with van der Waals surface area (Å²) in [6.45, 7) is -0.322. The molecule has 1 aliphatic carbocycles. The number of halogens is 3. The molecule has 5 rings (SSSR count). The van der Waals surface area contributed by atoms with Crippen molar-refractivity contribution < 1.29 is 9.18 Å². The molecule has 4 aromatic rings. The average Bonchev–Trinajstić information content (AvgIpc) is 3.20. The molecule has 0 bridgehead atoms. The zero-order valence-corrected chi connectivity index (χ0v) is 20.1. The zero-order chi connectivity index (χ0) is 24.0. The second-order valence-corrected chi connectivity index (χ2v) is 9.98. The molecule has 2 aromatic heterocycles. The number of nitrogens with one attached hydrogen (secondary N) is 1. The number of carbonyl (C=O) groups is 1. The summed E-state index contributed by atoms with van der Waals surface area (Å²) in [6.07, 6.45) is 3.57. The van der Waals surface area contributed by atoms with Crippen molar-refractivity contribution in [1.82, 2.24) is 9.13 Å². The lowest BCUT2D eigenvalue weighted by Gasteiger charge is -2.14. The first kappa shape index (κ1) is 22.8. The molecule has 1 amide bonds. The normalized spacial score (nSPS) is 13.1. The maximum atomic E-state index is 13.5. The summed E-state index contributed by atoms with van der Waals surface area (Å²) >= 11 is 13.2. The number of aryl methyl sites for hydroxylation is 2. The number of fused-ring (bicyclic) bond motifs is 3. The number of aromatic nitrogens is 2. The summed E-state index contributed by atoms with van der Waals surface area (Å²) < 4.78 is 15.9. The van der Waals surface area contributed by atoms with Crippen LogP contribution in [0.5, 0.6) is 0 Å². The van der Waals surface area contributed by atoms with Crippen LogP contribution in [0.2, 0.25) is 10.0 Å². The number of nitrogens with zero attached hydrogens (tertiary/aromatic N) is 2. The highest BCUT2D eigenvalue weighted by molar-refractivity contribution is 7.18. The summed E-state index contributed by atoms with van der Waals surface area (Å²) in [5, 5.41) is 3.47. The molecule has 34 heavy (non-hydrogen) atoms. The van der Waals surface area contributed by atoms with Crippen LogP contribution in [0.25, 0.3) is 15.9 Å². The molecule has 2 heterocycles. The lowest BCUT2D eigenvalue weighted by molar-refractivity contribution is -0.116. The van der Waals surface area contributed by atoms with Gasteiger partial charge in [-0.1, -0.05) is 23.2 Å². The number of hydrogen-bond donors (Lipinski definition) is 1. The average molecular weight is 518 g/mol. The van der Waals surface area contributed by atoms with Crippen LogP contribution in [0.3, 0.4) is 0 Å². The van der Waals surface area contributed by atoms with Crippen LogP contribution in [-0.2, 0) is 24.2 Å². The van der Waals surface area contributed by atoms with Gasteiger partial charge in [0.1, 0.15) is 17.2 Å². The van der Waals surface area contributed by atoms with E-state index in [-0.39, 0.29) is 11.6 Å². The third-order valence-electron chi connectivity index (χ3n) is 5.83. The van der Waals surface area contributed by atoms with Crippen LogP contribution in [0.4, 0.5) is 10.1 Å². The summed E-state index contributed by atoms with van der Waals surface area (Å²) in [5.74, 6) is -1.10. The minimum Gasteiger partial charge on any atom is -0.324 e. The van der Waals surface area contributed by atoms with E-state index < -0.39 is 23.0 Å². The van der Waals surface area contributed by atoms with Gasteiger partial charge in [-0.25, -0.2) is 13.8 Å². The van der Waals surface area contributed by atoms with E-state index in [1.165, 1.54) is 28.0 Å². The Morgan fingerprint density at radius 2 is 1.79 bits per heavy atom. The maximum Gasteiger partial charge on any atom is 0.337 e. The third-order valence-corrected chi connectivity index (χ3v) is 7.68. The second kappa shape index (κ2) is 9.02. The monoisotopic (exact) mass is 517 g/mol. The summed E-state index contributed by atoms with van der Waals surface area (Å²) in [5.41, 5.74) is 0.613. The lowest BCUT2D eigenvalue weighted by Crippen LogP contribution is -2.40. The van der Waals surface area contributed by atoms with Gasteiger partial charge >= 0.3 is 5.69 Å². The number of benzene rings is 2. The van der Waals surface area contributed by atoms with Gasteiger partial charge in [0.2, 0.25) is 5.91 Å². The summed E-state index contributed by atoms with van der Waals surface area (Å²) in [4.78, 5) is 41.5. The van der Waals surface area contributed by atoms with Crippen molar-refractivity contribution >= 4 is 56.3 Å². The Balaban J connectivity index is 1.65. The van der Waals surface area contributed by atoms with Crippen LogP contribution in [0.1, 0.15) is 23.3 Å². The molecule has 0 atom stereocenters. The van der Waals surface area contributed by atoms with Gasteiger partial charge in [0.05, 0.1) is 16.1 Å². The predicted molar refractivity (Wildman–Crippen MR) is 133 cm³/mol. The number of hydrogen-bond acceptors (Lipinski definition) is 4. The van der Waals surface area contributed by atoms with Gasteiger partial charge in [0.25, 0.3) is 5.56 Å². The van der Waals surface area contributed by atoms with Crippen LogP contribution in [0, 0.1) is 5.82 Å². The molecular weight excluding hydrogens is 500 g/mol. The van der Waals surface area contributed by atoms with Gasteiger partial charge in [-0.3, -0.25) is 14.2 Å². The molecule has 6 nitrogen and oxygen atoms in total. The number of thiophene rings is 1. The molecule has 0 saturated heterocycles. The van der Waals surface area contributed by atoms with Gasteiger partial charge in [-0.15, -0.1) is 11.3 Å². The quantitative estimate of drug-likeness (QED) is 0.405. The molecule has 174 valence electrons. The smallest absolute Gasteiger partial charge is 0.324 e. The van der Waals surface area contributed by atoms with E-state index in [1.54, 1.807) is 24.3 Å². The SMILES string of the molecule is O=C(Cn1c(=O)n(-c2ccc(Cl)cc2)c(=O)c2c3c(sc21)CCCC3)Nc1ccc(F)c(Cl)c1. The molecular formula is C24H18Cl2FN3O3S. The zero-order valence-electron chi connectivity index (χ0n) is 17.7. The Morgan fingerprint density at radius 1 is 1.06 bits per heavy atom. The van der Waals surface area contributed by atoms with Crippen LogP contribution < -0.4 is 16.6 Å². The highest BCUT2D eigenvalue weighted by atomic mass is 35.5. The van der Waals surface area contributed by atoms with Crippen molar-refractivity contribution in [3.63, 3.8) is 0 Å². The van der Waals surface area contributed by atoms with Crippen molar-refractivity contribution in [3.8, 4) is 5.69 Å².